The monoisotopic (exact) mass is 342 g/mol. The van der Waals surface area contributed by atoms with E-state index in [-0.39, 0.29) is 19.0 Å². The van der Waals surface area contributed by atoms with Gasteiger partial charge >= 0.3 is 0 Å². The molecule has 0 aliphatic heterocycles. The van der Waals surface area contributed by atoms with Gasteiger partial charge in [0.2, 0.25) is 5.78 Å². The van der Waals surface area contributed by atoms with Gasteiger partial charge in [0.25, 0.3) is 0 Å². The molecule has 0 bridgehead atoms. The van der Waals surface area contributed by atoms with Crippen molar-refractivity contribution in [2.75, 3.05) is 13.2 Å². The summed E-state index contributed by atoms with van der Waals surface area (Å²) in [6, 6.07) is 27.5. The lowest BCUT2D eigenvalue weighted by Crippen LogP contribution is -2.19. The Morgan fingerprint density at radius 1 is 0.577 bits per heavy atom. The van der Waals surface area contributed by atoms with Crippen molar-refractivity contribution in [3.8, 4) is 11.5 Å². The molecule has 26 heavy (non-hydrogen) atoms. The molecule has 0 N–H and O–H groups in total. The molecule has 0 radical (unpaired) electrons. The van der Waals surface area contributed by atoms with Crippen molar-refractivity contribution in [2.45, 2.75) is 0 Å². The molecule has 0 aliphatic carbocycles. The molecule has 0 saturated carbocycles. The first-order valence-electron chi connectivity index (χ1n) is 8.54. The summed E-state index contributed by atoms with van der Waals surface area (Å²) in [6.45, 7) is -0.0302. The zero-order valence-corrected chi connectivity index (χ0v) is 14.2. The first-order valence-corrected chi connectivity index (χ1v) is 8.54. The van der Waals surface area contributed by atoms with Gasteiger partial charge in [-0.05, 0) is 22.9 Å². The normalized spacial score (nSPS) is 10.8. The number of benzene rings is 4. The second kappa shape index (κ2) is 7.28. The Bertz CT molecular complexity index is 973. The summed E-state index contributed by atoms with van der Waals surface area (Å²) >= 11 is 0. The van der Waals surface area contributed by atoms with Gasteiger partial charge in [-0.2, -0.15) is 0 Å². The van der Waals surface area contributed by atoms with Crippen LogP contribution in [0.2, 0.25) is 0 Å². The highest BCUT2D eigenvalue weighted by Crippen LogP contribution is 2.26. The van der Waals surface area contributed by atoms with Crippen molar-refractivity contribution in [3.05, 3.63) is 84.9 Å². The summed E-state index contributed by atoms with van der Waals surface area (Å²) in [5.41, 5.74) is 0. The maximum Gasteiger partial charge on any atom is 0.207 e. The molecule has 0 fully saturated rings. The van der Waals surface area contributed by atoms with Crippen LogP contribution in [0.25, 0.3) is 21.5 Å². The highest BCUT2D eigenvalue weighted by Gasteiger charge is 2.08. The largest absolute Gasteiger partial charge is 0.485 e. The molecule has 0 heterocycles. The third kappa shape index (κ3) is 3.38. The van der Waals surface area contributed by atoms with Crippen molar-refractivity contribution in [1.29, 1.82) is 0 Å². The van der Waals surface area contributed by atoms with Gasteiger partial charge in [-0.3, -0.25) is 4.79 Å². The number of ether oxygens (including phenoxy) is 2. The first-order chi connectivity index (χ1) is 12.8. The van der Waals surface area contributed by atoms with Crippen LogP contribution in [0.5, 0.6) is 11.5 Å². The summed E-state index contributed by atoms with van der Waals surface area (Å²) in [6.07, 6.45) is 0. The highest BCUT2D eigenvalue weighted by molar-refractivity contribution is 5.90. The SMILES string of the molecule is O=C(COc1cccc2ccccc12)COc1cccc2ccccc12. The van der Waals surface area contributed by atoms with E-state index < -0.39 is 0 Å². The number of carbonyl (C=O) groups is 1. The van der Waals surface area contributed by atoms with Crippen LogP contribution >= 0.6 is 0 Å². The van der Waals surface area contributed by atoms with E-state index in [0.29, 0.717) is 11.5 Å². The van der Waals surface area contributed by atoms with E-state index in [9.17, 15) is 4.79 Å². The Balaban J connectivity index is 1.41. The molecule has 0 spiro atoms. The van der Waals surface area contributed by atoms with Crippen LogP contribution in [0.4, 0.5) is 0 Å². The molecule has 0 atom stereocenters. The number of rotatable bonds is 6. The minimum Gasteiger partial charge on any atom is -0.485 e. The lowest BCUT2D eigenvalue weighted by atomic mass is 10.1. The van der Waals surface area contributed by atoms with Crippen molar-refractivity contribution in [2.24, 2.45) is 0 Å². The minimum absolute atomic E-state index is 0.0151. The summed E-state index contributed by atoms with van der Waals surface area (Å²) < 4.78 is 11.5. The van der Waals surface area contributed by atoms with E-state index in [0.717, 1.165) is 21.5 Å². The van der Waals surface area contributed by atoms with Gasteiger partial charge in [-0.1, -0.05) is 72.8 Å². The summed E-state index contributed by atoms with van der Waals surface area (Å²) in [5.74, 6) is 1.31. The average molecular weight is 342 g/mol. The second-order valence-corrected chi connectivity index (χ2v) is 6.07. The molecule has 0 aliphatic rings. The lowest BCUT2D eigenvalue weighted by molar-refractivity contribution is -0.122. The van der Waals surface area contributed by atoms with Crippen LogP contribution in [0.3, 0.4) is 0 Å². The van der Waals surface area contributed by atoms with Gasteiger partial charge in [0, 0.05) is 10.8 Å². The zero-order chi connectivity index (χ0) is 17.8. The fourth-order valence-corrected chi connectivity index (χ4v) is 3.00. The van der Waals surface area contributed by atoms with Crippen LogP contribution in [-0.2, 0) is 4.79 Å². The van der Waals surface area contributed by atoms with Crippen molar-refractivity contribution in [3.63, 3.8) is 0 Å². The van der Waals surface area contributed by atoms with Gasteiger partial charge in [-0.25, -0.2) is 0 Å². The number of hydrogen-bond acceptors (Lipinski definition) is 3. The topological polar surface area (TPSA) is 35.5 Å². The predicted molar refractivity (Wildman–Crippen MR) is 104 cm³/mol. The van der Waals surface area contributed by atoms with Crippen LogP contribution in [0.1, 0.15) is 0 Å². The van der Waals surface area contributed by atoms with Crippen molar-refractivity contribution < 1.29 is 14.3 Å². The number of ketones is 1. The van der Waals surface area contributed by atoms with Crippen LogP contribution in [0.15, 0.2) is 84.9 Å². The van der Waals surface area contributed by atoms with E-state index in [1.54, 1.807) is 0 Å². The molecule has 0 unspecified atom stereocenters. The Kier molecular flexibility index (Phi) is 4.52. The van der Waals surface area contributed by atoms with E-state index >= 15 is 0 Å². The third-order valence-corrected chi connectivity index (χ3v) is 4.28. The summed E-state index contributed by atoms with van der Waals surface area (Å²) in [4.78, 5) is 12.2. The molecule has 0 amide bonds. The first kappa shape index (κ1) is 16.2. The van der Waals surface area contributed by atoms with Crippen molar-refractivity contribution >= 4 is 27.3 Å². The van der Waals surface area contributed by atoms with E-state index in [1.165, 1.54) is 0 Å². The predicted octanol–water partition coefficient (Wildman–Crippen LogP) is 5.02. The number of hydrogen-bond donors (Lipinski definition) is 0. The molecular formula is C23H18O3. The number of carbonyl (C=O) groups excluding carboxylic acids is 1. The van der Waals surface area contributed by atoms with Crippen LogP contribution < -0.4 is 9.47 Å². The van der Waals surface area contributed by atoms with E-state index in [4.69, 9.17) is 9.47 Å². The van der Waals surface area contributed by atoms with Gasteiger partial charge in [0.15, 0.2) is 13.2 Å². The van der Waals surface area contributed by atoms with E-state index in [2.05, 4.69) is 0 Å². The standard InChI is InChI=1S/C23H18O3/c24-19(15-25-22-13-5-9-17-7-1-3-11-20(17)22)16-26-23-14-6-10-18-8-2-4-12-21(18)23/h1-14H,15-16H2. The Labute approximate surface area is 151 Å². The van der Waals surface area contributed by atoms with Gasteiger partial charge in [0.1, 0.15) is 11.5 Å². The summed E-state index contributed by atoms with van der Waals surface area (Å²) in [5, 5.41) is 4.17. The Hall–Kier alpha value is -3.33. The Morgan fingerprint density at radius 2 is 1.00 bits per heavy atom. The molecule has 3 heteroatoms. The van der Waals surface area contributed by atoms with Gasteiger partial charge in [0.05, 0.1) is 0 Å². The lowest BCUT2D eigenvalue weighted by Gasteiger charge is -2.11. The van der Waals surface area contributed by atoms with E-state index in [1.807, 2.05) is 84.9 Å². The molecule has 4 aromatic rings. The molecule has 3 nitrogen and oxygen atoms in total. The molecule has 4 aromatic carbocycles. The van der Waals surface area contributed by atoms with Gasteiger partial charge in [-0.15, -0.1) is 0 Å². The van der Waals surface area contributed by atoms with Crippen molar-refractivity contribution in [1.82, 2.24) is 0 Å². The number of Topliss-reactive ketones (excluding diaryl/α,β-unsaturated/α-hetero) is 1. The summed E-state index contributed by atoms with van der Waals surface area (Å²) in [7, 11) is 0. The smallest absolute Gasteiger partial charge is 0.207 e. The van der Waals surface area contributed by atoms with Crippen LogP contribution in [0, 0.1) is 0 Å². The second-order valence-electron chi connectivity index (χ2n) is 6.07. The zero-order valence-electron chi connectivity index (χ0n) is 14.2. The van der Waals surface area contributed by atoms with Gasteiger partial charge < -0.3 is 9.47 Å². The molecule has 0 aromatic heterocycles. The minimum atomic E-state index is -0.106. The Morgan fingerprint density at radius 3 is 1.50 bits per heavy atom. The number of fused-ring (bicyclic) bond motifs is 2. The molecule has 0 saturated heterocycles. The fourth-order valence-electron chi connectivity index (χ4n) is 3.00. The average Bonchev–Trinajstić information content (AvgIpc) is 2.70. The highest BCUT2D eigenvalue weighted by atomic mass is 16.5. The van der Waals surface area contributed by atoms with Crippen LogP contribution in [-0.4, -0.2) is 19.0 Å². The maximum absolute atomic E-state index is 12.2. The quantitative estimate of drug-likeness (QED) is 0.493. The third-order valence-electron chi connectivity index (χ3n) is 4.28. The fraction of sp³-hybridized carbons (Fsp3) is 0.0870. The maximum atomic E-state index is 12.2. The molecule has 128 valence electrons. The molecule has 4 rings (SSSR count). The molecular weight excluding hydrogens is 324 g/mol.